The highest BCUT2D eigenvalue weighted by molar-refractivity contribution is 5.19. The molecule has 1 aromatic carbocycles. The van der Waals surface area contributed by atoms with Crippen molar-refractivity contribution in [2.75, 3.05) is 26.4 Å². The number of hydrogen-bond acceptors (Lipinski definition) is 4. The van der Waals surface area contributed by atoms with E-state index < -0.39 is 6.10 Å². The van der Waals surface area contributed by atoms with Crippen LogP contribution >= 0.6 is 0 Å². The molecule has 5 heteroatoms. The normalized spacial score (nSPS) is 14.4. The smallest absolute Gasteiger partial charge is 0.123 e. The first-order valence-electron chi connectivity index (χ1n) is 7.35. The number of hydrogen-bond donors (Lipinski definition) is 2. The minimum Gasteiger partial charge on any atom is -0.389 e. The Labute approximate surface area is 126 Å². The summed E-state index contributed by atoms with van der Waals surface area (Å²) in [5.74, 6) is -0.254. The van der Waals surface area contributed by atoms with Crippen LogP contribution in [-0.4, -0.2) is 43.7 Å². The summed E-state index contributed by atoms with van der Waals surface area (Å²) in [7, 11) is 0. The zero-order chi connectivity index (χ0) is 15.7. The molecule has 0 aliphatic rings. The molecule has 0 aromatic heterocycles. The zero-order valence-electron chi connectivity index (χ0n) is 13.0. The number of nitrogens with one attached hydrogen (secondary N) is 1. The fourth-order valence-corrected chi connectivity index (χ4v) is 1.83. The van der Waals surface area contributed by atoms with Crippen molar-refractivity contribution in [2.45, 2.75) is 39.0 Å². The van der Waals surface area contributed by atoms with Crippen molar-refractivity contribution in [3.05, 3.63) is 35.6 Å². The van der Waals surface area contributed by atoms with Crippen LogP contribution < -0.4 is 5.32 Å². The predicted molar refractivity (Wildman–Crippen MR) is 80.7 cm³/mol. The number of halogens is 1. The van der Waals surface area contributed by atoms with E-state index in [1.165, 1.54) is 12.1 Å². The third-order valence-corrected chi connectivity index (χ3v) is 3.00. The van der Waals surface area contributed by atoms with E-state index in [0.717, 1.165) is 5.56 Å². The number of ether oxygens (including phenoxy) is 2. The summed E-state index contributed by atoms with van der Waals surface area (Å²) in [6.45, 7) is 7.50. The highest BCUT2D eigenvalue weighted by atomic mass is 19.1. The average Bonchev–Trinajstić information content (AvgIpc) is 2.44. The molecule has 1 unspecified atom stereocenters. The van der Waals surface area contributed by atoms with E-state index >= 15 is 0 Å². The van der Waals surface area contributed by atoms with Gasteiger partial charge in [-0.3, -0.25) is 0 Å². The topological polar surface area (TPSA) is 50.7 Å². The van der Waals surface area contributed by atoms with Crippen LogP contribution in [0.2, 0.25) is 0 Å². The lowest BCUT2D eigenvalue weighted by Crippen LogP contribution is -2.32. The minimum absolute atomic E-state index is 0.0281. The highest BCUT2D eigenvalue weighted by Crippen LogP contribution is 2.13. The second-order valence-corrected chi connectivity index (χ2v) is 5.33. The predicted octanol–water partition coefficient (Wildman–Crippen LogP) is 2.28. The Morgan fingerprint density at radius 1 is 1.24 bits per heavy atom. The van der Waals surface area contributed by atoms with Gasteiger partial charge < -0.3 is 19.9 Å². The molecule has 0 amide bonds. The first-order chi connectivity index (χ1) is 9.99. The van der Waals surface area contributed by atoms with Crippen LogP contribution in [0.4, 0.5) is 4.39 Å². The van der Waals surface area contributed by atoms with E-state index in [9.17, 15) is 9.50 Å². The molecule has 0 aliphatic carbocycles. The van der Waals surface area contributed by atoms with Crippen molar-refractivity contribution in [3.63, 3.8) is 0 Å². The van der Waals surface area contributed by atoms with Gasteiger partial charge in [0.2, 0.25) is 0 Å². The van der Waals surface area contributed by atoms with Gasteiger partial charge in [0.1, 0.15) is 5.82 Å². The van der Waals surface area contributed by atoms with Crippen LogP contribution in [0.25, 0.3) is 0 Å². The molecule has 0 radical (unpaired) electrons. The largest absolute Gasteiger partial charge is 0.389 e. The van der Waals surface area contributed by atoms with E-state index in [-0.39, 0.29) is 24.6 Å². The lowest BCUT2D eigenvalue weighted by molar-refractivity contribution is -0.0104. The van der Waals surface area contributed by atoms with Crippen LogP contribution in [0.3, 0.4) is 0 Å². The standard InChI is InChI=1S/C16H26FNO3/c1-12(2)21-8-7-20-11-16(19)10-18-13(3)14-5-4-6-15(17)9-14/h4-6,9,12-13,16,18-19H,7-8,10-11H2,1-3H3/t13-,16?/m0/s1. The first kappa shape index (κ1) is 18.0. The summed E-state index contributed by atoms with van der Waals surface area (Å²) in [4.78, 5) is 0. The monoisotopic (exact) mass is 299 g/mol. The number of benzene rings is 1. The summed E-state index contributed by atoms with van der Waals surface area (Å²) in [5, 5.41) is 13.0. The van der Waals surface area contributed by atoms with Crippen LogP contribution in [0.15, 0.2) is 24.3 Å². The van der Waals surface area contributed by atoms with Gasteiger partial charge in [0.15, 0.2) is 0 Å². The SMILES string of the molecule is CC(C)OCCOCC(O)CN[C@@H](C)c1cccc(F)c1. The summed E-state index contributed by atoms with van der Waals surface area (Å²) >= 11 is 0. The Morgan fingerprint density at radius 3 is 2.67 bits per heavy atom. The summed E-state index contributed by atoms with van der Waals surface area (Å²) in [6.07, 6.45) is -0.410. The molecule has 1 rings (SSSR count). The van der Waals surface area contributed by atoms with Gasteiger partial charge in [-0.05, 0) is 38.5 Å². The third-order valence-electron chi connectivity index (χ3n) is 3.00. The molecule has 0 spiro atoms. The highest BCUT2D eigenvalue weighted by Gasteiger charge is 2.09. The fourth-order valence-electron chi connectivity index (χ4n) is 1.83. The minimum atomic E-state index is -0.597. The van der Waals surface area contributed by atoms with E-state index in [1.54, 1.807) is 6.07 Å². The molecule has 0 saturated carbocycles. The molecule has 0 heterocycles. The lowest BCUT2D eigenvalue weighted by Gasteiger charge is -2.18. The van der Waals surface area contributed by atoms with Crippen LogP contribution in [-0.2, 0) is 9.47 Å². The molecule has 21 heavy (non-hydrogen) atoms. The van der Waals surface area contributed by atoms with Gasteiger partial charge in [0.05, 0.1) is 32.0 Å². The number of aliphatic hydroxyl groups is 1. The van der Waals surface area contributed by atoms with Crippen molar-refractivity contribution in [1.82, 2.24) is 5.32 Å². The van der Waals surface area contributed by atoms with E-state index in [0.29, 0.717) is 19.8 Å². The molecule has 2 N–H and O–H groups in total. The van der Waals surface area contributed by atoms with Crippen molar-refractivity contribution in [1.29, 1.82) is 0 Å². The van der Waals surface area contributed by atoms with Gasteiger partial charge in [-0.25, -0.2) is 4.39 Å². The summed E-state index contributed by atoms with van der Waals surface area (Å²) in [5.41, 5.74) is 0.855. The maximum Gasteiger partial charge on any atom is 0.123 e. The molecule has 1 aromatic rings. The van der Waals surface area contributed by atoms with Gasteiger partial charge in [0.25, 0.3) is 0 Å². The Bertz CT molecular complexity index is 401. The maximum atomic E-state index is 13.1. The first-order valence-corrected chi connectivity index (χ1v) is 7.35. The van der Waals surface area contributed by atoms with Gasteiger partial charge in [-0.2, -0.15) is 0 Å². The molecule has 0 saturated heterocycles. The van der Waals surface area contributed by atoms with Crippen molar-refractivity contribution < 1.29 is 19.0 Å². The van der Waals surface area contributed by atoms with Gasteiger partial charge >= 0.3 is 0 Å². The fraction of sp³-hybridized carbons (Fsp3) is 0.625. The quantitative estimate of drug-likeness (QED) is 0.651. The van der Waals surface area contributed by atoms with Crippen LogP contribution in [0.1, 0.15) is 32.4 Å². The Morgan fingerprint density at radius 2 is 2.00 bits per heavy atom. The van der Waals surface area contributed by atoms with E-state index in [1.807, 2.05) is 26.8 Å². The lowest BCUT2D eigenvalue weighted by atomic mass is 10.1. The molecule has 0 fully saturated rings. The number of aliphatic hydroxyl groups excluding tert-OH is 1. The second kappa shape index (κ2) is 9.84. The molecule has 4 nitrogen and oxygen atoms in total. The summed E-state index contributed by atoms with van der Waals surface area (Å²) in [6, 6.07) is 6.41. The average molecular weight is 299 g/mol. The molecule has 0 aliphatic heterocycles. The molecule has 120 valence electrons. The third kappa shape index (κ3) is 8.12. The Hall–Kier alpha value is -1.01. The van der Waals surface area contributed by atoms with Crippen molar-refractivity contribution >= 4 is 0 Å². The maximum absolute atomic E-state index is 13.1. The Kier molecular flexibility index (Phi) is 8.45. The molecule has 0 bridgehead atoms. The number of rotatable bonds is 10. The molecular formula is C16H26FNO3. The summed E-state index contributed by atoms with van der Waals surface area (Å²) < 4.78 is 23.8. The van der Waals surface area contributed by atoms with Gasteiger partial charge in [-0.1, -0.05) is 12.1 Å². The Balaban J connectivity index is 2.16. The van der Waals surface area contributed by atoms with Crippen molar-refractivity contribution in [3.8, 4) is 0 Å². The van der Waals surface area contributed by atoms with E-state index in [2.05, 4.69) is 5.32 Å². The molecular weight excluding hydrogens is 273 g/mol. The van der Waals surface area contributed by atoms with Crippen LogP contribution in [0.5, 0.6) is 0 Å². The zero-order valence-corrected chi connectivity index (χ0v) is 13.0. The van der Waals surface area contributed by atoms with Crippen LogP contribution in [0, 0.1) is 5.82 Å². The van der Waals surface area contributed by atoms with Crippen molar-refractivity contribution in [2.24, 2.45) is 0 Å². The van der Waals surface area contributed by atoms with E-state index in [4.69, 9.17) is 9.47 Å². The van der Waals surface area contributed by atoms with Gasteiger partial charge in [0, 0.05) is 12.6 Å². The second-order valence-electron chi connectivity index (χ2n) is 5.33. The molecule has 2 atom stereocenters. The van der Waals surface area contributed by atoms with Gasteiger partial charge in [-0.15, -0.1) is 0 Å².